The molecule has 0 bridgehead atoms. The van der Waals surface area contributed by atoms with Gasteiger partial charge in [0.15, 0.2) is 0 Å². The molecular weight excluding hydrogens is 759 g/mol. The summed E-state index contributed by atoms with van der Waals surface area (Å²) in [7, 11) is 0. The normalized spacial score (nSPS) is 11.2. The Morgan fingerprint density at radius 2 is 0.603 bits per heavy atom. The number of fused-ring (bicyclic) bond motifs is 2. The molecule has 63 heavy (non-hydrogen) atoms. The fourth-order valence-corrected chi connectivity index (χ4v) is 9.12. The fraction of sp³-hybridized carbons (Fsp3) is 0. The predicted octanol–water partition coefficient (Wildman–Crippen LogP) is 17.5. The summed E-state index contributed by atoms with van der Waals surface area (Å²) in [4.78, 5) is 2.36. The first kappa shape index (κ1) is 37.7. The molecule has 0 fully saturated rings. The van der Waals surface area contributed by atoms with Crippen molar-refractivity contribution in [3.8, 4) is 66.8 Å². The summed E-state index contributed by atoms with van der Waals surface area (Å²) in [6, 6.07) is 94.5. The highest BCUT2D eigenvalue weighted by molar-refractivity contribution is 6.04. The molecule has 0 unspecified atom stereocenters. The molecule has 11 aromatic carbocycles. The molecule has 296 valence electrons. The van der Waals surface area contributed by atoms with Crippen LogP contribution in [0.5, 0.6) is 0 Å². The van der Waals surface area contributed by atoms with Crippen molar-refractivity contribution in [2.75, 3.05) is 4.90 Å². The third-order valence-electron chi connectivity index (χ3n) is 12.3. The van der Waals surface area contributed by atoms with Crippen LogP contribution in [0.4, 0.5) is 17.1 Å². The molecule has 1 heteroatoms. The summed E-state index contributed by atoms with van der Waals surface area (Å²) in [5, 5.41) is 5.01. The Balaban J connectivity index is 0.974. The van der Waals surface area contributed by atoms with E-state index in [2.05, 4.69) is 266 Å². The second kappa shape index (κ2) is 16.7. The third kappa shape index (κ3) is 7.47. The van der Waals surface area contributed by atoms with Crippen molar-refractivity contribution in [2.24, 2.45) is 0 Å². The average molecular weight is 802 g/mol. The second-order valence-corrected chi connectivity index (χ2v) is 16.1. The largest absolute Gasteiger partial charge is 0.311 e. The standard InChI is InChI=1S/C62H43N/c1-3-14-44(15-4-1)51-21-11-22-52(42-51)45-28-35-55(36-29-45)63(56-37-30-46(31-38-56)53-23-12-24-54(43-53)59-27-13-20-47-16-7-9-25-58(47)59)57-39-32-49(33-40-57)61-41-34-48-17-8-10-26-60(48)62(61)50-18-5-2-6-19-50/h1-43H. The van der Waals surface area contributed by atoms with Gasteiger partial charge in [0, 0.05) is 17.1 Å². The van der Waals surface area contributed by atoms with Crippen LogP contribution in [0.1, 0.15) is 0 Å². The summed E-state index contributed by atoms with van der Waals surface area (Å²) in [6.07, 6.45) is 0. The average Bonchev–Trinajstić information content (AvgIpc) is 3.37. The van der Waals surface area contributed by atoms with Crippen molar-refractivity contribution in [2.45, 2.75) is 0 Å². The Labute approximate surface area is 369 Å². The Kier molecular flexibility index (Phi) is 9.97. The van der Waals surface area contributed by atoms with Gasteiger partial charge < -0.3 is 4.90 Å². The van der Waals surface area contributed by atoms with Crippen molar-refractivity contribution in [1.29, 1.82) is 0 Å². The number of benzene rings is 11. The SMILES string of the molecule is c1ccc(-c2cccc(-c3ccc(N(c4ccc(-c5cccc(-c6cccc7ccccc67)c5)cc4)c4ccc(-c5ccc6ccccc6c5-c5ccccc5)cc4)cc3)c2)cc1. The lowest BCUT2D eigenvalue weighted by Gasteiger charge is -2.26. The summed E-state index contributed by atoms with van der Waals surface area (Å²) in [6.45, 7) is 0. The minimum atomic E-state index is 1.09. The van der Waals surface area contributed by atoms with Gasteiger partial charge in [0.05, 0.1) is 0 Å². The van der Waals surface area contributed by atoms with Gasteiger partial charge in [-0.3, -0.25) is 0 Å². The van der Waals surface area contributed by atoms with Gasteiger partial charge in [-0.1, -0.05) is 212 Å². The highest BCUT2D eigenvalue weighted by atomic mass is 15.1. The Hall–Kier alpha value is -8.26. The molecule has 0 spiro atoms. The molecule has 0 aliphatic carbocycles. The van der Waals surface area contributed by atoms with Crippen molar-refractivity contribution in [3.05, 3.63) is 261 Å². The van der Waals surface area contributed by atoms with Gasteiger partial charge in [0.25, 0.3) is 0 Å². The molecule has 11 rings (SSSR count). The van der Waals surface area contributed by atoms with E-state index in [1.165, 1.54) is 88.3 Å². The number of nitrogens with zero attached hydrogens (tertiary/aromatic N) is 1. The van der Waals surface area contributed by atoms with E-state index in [4.69, 9.17) is 0 Å². The zero-order valence-electron chi connectivity index (χ0n) is 34.8. The Bertz CT molecular complexity index is 3340. The lowest BCUT2D eigenvalue weighted by molar-refractivity contribution is 1.28. The summed E-state index contributed by atoms with van der Waals surface area (Å²) >= 11 is 0. The van der Waals surface area contributed by atoms with E-state index in [1.54, 1.807) is 0 Å². The Morgan fingerprint density at radius 3 is 1.19 bits per heavy atom. The summed E-state index contributed by atoms with van der Waals surface area (Å²) in [5.41, 5.74) is 17.8. The Morgan fingerprint density at radius 1 is 0.206 bits per heavy atom. The minimum Gasteiger partial charge on any atom is -0.311 e. The molecule has 0 aliphatic rings. The van der Waals surface area contributed by atoms with Crippen molar-refractivity contribution in [1.82, 2.24) is 0 Å². The van der Waals surface area contributed by atoms with Gasteiger partial charge in [0.1, 0.15) is 0 Å². The number of hydrogen-bond donors (Lipinski definition) is 0. The van der Waals surface area contributed by atoms with Crippen LogP contribution in [0, 0.1) is 0 Å². The molecule has 0 saturated carbocycles. The molecule has 0 amide bonds. The molecule has 0 atom stereocenters. The predicted molar refractivity (Wildman–Crippen MR) is 269 cm³/mol. The first-order chi connectivity index (χ1) is 31.2. The van der Waals surface area contributed by atoms with E-state index < -0.39 is 0 Å². The topological polar surface area (TPSA) is 3.24 Å². The van der Waals surface area contributed by atoms with E-state index in [9.17, 15) is 0 Å². The van der Waals surface area contributed by atoms with Crippen molar-refractivity contribution < 1.29 is 0 Å². The quantitative estimate of drug-likeness (QED) is 0.141. The monoisotopic (exact) mass is 801 g/mol. The molecule has 0 aliphatic heterocycles. The minimum absolute atomic E-state index is 1.09. The van der Waals surface area contributed by atoms with E-state index in [0.717, 1.165) is 17.1 Å². The van der Waals surface area contributed by atoms with E-state index >= 15 is 0 Å². The van der Waals surface area contributed by atoms with Crippen LogP contribution in [0.25, 0.3) is 88.3 Å². The molecular formula is C62H43N. The first-order valence-electron chi connectivity index (χ1n) is 21.7. The highest BCUT2D eigenvalue weighted by Gasteiger charge is 2.17. The molecule has 0 aromatic heterocycles. The van der Waals surface area contributed by atoms with Crippen LogP contribution in [-0.2, 0) is 0 Å². The van der Waals surface area contributed by atoms with Crippen LogP contribution in [0.2, 0.25) is 0 Å². The summed E-state index contributed by atoms with van der Waals surface area (Å²) in [5.74, 6) is 0. The van der Waals surface area contributed by atoms with Crippen LogP contribution in [-0.4, -0.2) is 0 Å². The van der Waals surface area contributed by atoms with Gasteiger partial charge in [-0.15, -0.1) is 0 Å². The molecule has 0 saturated heterocycles. The van der Waals surface area contributed by atoms with Gasteiger partial charge in [0.2, 0.25) is 0 Å². The van der Waals surface area contributed by atoms with Gasteiger partial charge in [-0.25, -0.2) is 0 Å². The number of rotatable bonds is 9. The van der Waals surface area contributed by atoms with E-state index in [0.29, 0.717) is 0 Å². The van der Waals surface area contributed by atoms with Gasteiger partial charge in [-0.05, 0) is 137 Å². The third-order valence-corrected chi connectivity index (χ3v) is 12.3. The molecule has 0 radical (unpaired) electrons. The number of anilines is 3. The van der Waals surface area contributed by atoms with Crippen molar-refractivity contribution >= 4 is 38.6 Å². The van der Waals surface area contributed by atoms with Gasteiger partial charge in [-0.2, -0.15) is 0 Å². The van der Waals surface area contributed by atoms with Crippen LogP contribution in [0.15, 0.2) is 261 Å². The maximum absolute atomic E-state index is 2.36. The fourth-order valence-electron chi connectivity index (χ4n) is 9.12. The first-order valence-corrected chi connectivity index (χ1v) is 21.7. The highest BCUT2D eigenvalue weighted by Crippen LogP contribution is 2.42. The summed E-state index contributed by atoms with van der Waals surface area (Å²) < 4.78 is 0. The van der Waals surface area contributed by atoms with E-state index in [1.807, 2.05) is 0 Å². The van der Waals surface area contributed by atoms with Gasteiger partial charge >= 0.3 is 0 Å². The zero-order valence-corrected chi connectivity index (χ0v) is 34.8. The molecule has 0 heterocycles. The smallest absolute Gasteiger partial charge is 0.0462 e. The van der Waals surface area contributed by atoms with Crippen LogP contribution in [0.3, 0.4) is 0 Å². The zero-order chi connectivity index (χ0) is 42.0. The maximum atomic E-state index is 2.36. The number of hydrogen-bond acceptors (Lipinski definition) is 1. The molecule has 1 nitrogen and oxygen atoms in total. The van der Waals surface area contributed by atoms with Crippen LogP contribution < -0.4 is 4.90 Å². The lowest BCUT2D eigenvalue weighted by Crippen LogP contribution is -2.09. The molecule has 0 N–H and O–H groups in total. The maximum Gasteiger partial charge on any atom is 0.0462 e. The molecule has 11 aromatic rings. The van der Waals surface area contributed by atoms with Crippen molar-refractivity contribution in [3.63, 3.8) is 0 Å². The van der Waals surface area contributed by atoms with E-state index in [-0.39, 0.29) is 0 Å². The van der Waals surface area contributed by atoms with Crippen LogP contribution >= 0.6 is 0 Å². The lowest BCUT2D eigenvalue weighted by atomic mass is 9.90. The second-order valence-electron chi connectivity index (χ2n) is 16.1.